The molecular weight excluding hydrogens is 218 g/mol. The third-order valence-corrected chi connectivity index (χ3v) is 3.06. The number of amides is 1. The zero-order chi connectivity index (χ0) is 12.5. The summed E-state index contributed by atoms with van der Waals surface area (Å²) < 4.78 is 5.38. The molecule has 1 aliphatic heterocycles. The summed E-state index contributed by atoms with van der Waals surface area (Å²) >= 11 is 0. The van der Waals surface area contributed by atoms with E-state index in [2.05, 4.69) is 29.4 Å². The molecule has 1 unspecified atom stereocenters. The molecule has 1 heterocycles. The molecule has 1 rings (SSSR count). The number of carbonyl (C=O) groups is 1. The molecule has 1 atom stereocenters. The normalized spacial score (nSPS) is 20.5. The number of nitrogens with one attached hydrogen (secondary N) is 2. The van der Waals surface area contributed by atoms with Gasteiger partial charge in [0.2, 0.25) is 5.91 Å². The maximum atomic E-state index is 11.7. The minimum atomic E-state index is -0.308. The quantitative estimate of drug-likeness (QED) is 0.609. The van der Waals surface area contributed by atoms with E-state index in [0.717, 1.165) is 39.1 Å². The lowest BCUT2D eigenvalue weighted by Crippen LogP contribution is -2.48. The van der Waals surface area contributed by atoms with Gasteiger partial charge in [0.1, 0.15) is 6.10 Å². The maximum Gasteiger partial charge on any atom is 0.250 e. The highest BCUT2D eigenvalue weighted by Crippen LogP contribution is 1.96. The zero-order valence-electron chi connectivity index (χ0n) is 11.0. The minimum absolute atomic E-state index is 0.0109. The minimum Gasteiger partial charge on any atom is -0.366 e. The van der Waals surface area contributed by atoms with Gasteiger partial charge in [-0.1, -0.05) is 13.8 Å². The molecule has 0 aromatic heterocycles. The number of morpholine rings is 1. The lowest BCUT2D eigenvalue weighted by atomic mass is 10.3. The van der Waals surface area contributed by atoms with Crippen LogP contribution in [0.25, 0.3) is 0 Å². The SMILES string of the molecule is CCN(CC)CCCNC(=O)C1CNCCO1. The number of rotatable bonds is 7. The first-order chi connectivity index (χ1) is 8.27. The first-order valence-electron chi connectivity index (χ1n) is 6.60. The van der Waals surface area contributed by atoms with E-state index in [1.54, 1.807) is 0 Å². The Kier molecular flexibility index (Phi) is 7.16. The second-order valence-electron chi connectivity index (χ2n) is 4.24. The van der Waals surface area contributed by atoms with Crippen LogP contribution in [0, 0.1) is 0 Å². The van der Waals surface area contributed by atoms with Crippen LogP contribution in [0.3, 0.4) is 0 Å². The van der Waals surface area contributed by atoms with Gasteiger partial charge in [0.15, 0.2) is 0 Å². The van der Waals surface area contributed by atoms with Gasteiger partial charge in [-0.05, 0) is 26.1 Å². The summed E-state index contributed by atoms with van der Waals surface area (Å²) in [7, 11) is 0. The summed E-state index contributed by atoms with van der Waals surface area (Å²) in [6, 6.07) is 0. The van der Waals surface area contributed by atoms with E-state index in [1.165, 1.54) is 0 Å². The highest BCUT2D eigenvalue weighted by Gasteiger charge is 2.20. The molecule has 2 N–H and O–H groups in total. The van der Waals surface area contributed by atoms with Gasteiger partial charge in [-0.15, -0.1) is 0 Å². The van der Waals surface area contributed by atoms with E-state index in [1.807, 2.05) is 0 Å². The zero-order valence-corrected chi connectivity index (χ0v) is 11.0. The van der Waals surface area contributed by atoms with Gasteiger partial charge in [0, 0.05) is 19.6 Å². The second-order valence-corrected chi connectivity index (χ2v) is 4.24. The number of ether oxygens (including phenoxy) is 1. The van der Waals surface area contributed by atoms with Crippen LogP contribution in [-0.2, 0) is 9.53 Å². The number of nitrogens with zero attached hydrogens (tertiary/aromatic N) is 1. The summed E-state index contributed by atoms with van der Waals surface area (Å²) in [6.07, 6.45) is 0.685. The van der Waals surface area contributed by atoms with Crippen molar-refractivity contribution in [2.24, 2.45) is 0 Å². The van der Waals surface area contributed by atoms with Crippen molar-refractivity contribution in [1.82, 2.24) is 15.5 Å². The van der Waals surface area contributed by atoms with Crippen molar-refractivity contribution < 1.29 is 9.53 Å². The van der Waals surface area contributed by atoms with Gasteiger partial charge < -0.3 is 20.3 Å². The van der Waals surface area contributed by atoms with Crippen LogP contribution in [0.15, 0.2) is 0 Å². The Balaban J connectivity index is 2.07. The monoisotopic (exact) mass is 243 g/mol. The van der Waals surface area contributed by atoms with E-state index in [-0.39, 0.29) is 12.0 Å². The summed E-state index contributed by atoms with van der Waals surface area (Å²) in [4.78, 5) is 14.0. The predicted molar refractivity (Wildman–Crippen MR) is 68.0 cm³/mol. The van der Waals surface area contributed by atoms with Crippen LogP contribution < -0.4 is 10.6 Å². The van der Waals surface area contributed by atoms with Crippen molar-refractivity contribution in [3.05, 3.63) is 0 Å². The smallest absolute Gasteiger partial charge is 0.250 e. The molecule has 5 nitrogen and oxygen atoms in total. The Bertz CT molecular complexity index is 214. The number of carbonyl (C=O) groups excluding carboxylic acids is 1. The molecule has 0 bridgehead atoms. The molecule has 1 amide bonds. The molecule has 100 valence electrons. The molecular formula is C12H25N3O2. The molecule has 5 heteroatoms. The average molecular weight is 243 g/mol. The molecule has 0 spiro atoms. The van der Waals surface area contributed by atoms with Gasteiger partial charge in [0.25, 0.3) is 0 Å². The highest BCUT2D eigenvalue weighted by atomic mass is 16.5. The molecule has 0 aliphatic carbocycles. The topological polar surface area (TPSA) is 53.6 Å². The molecule has 1 saturated heterocycles. The van der Waals surface area contributed by atoms with Crippen LogP contribution in [0.1, 0.15) is 20.3 Å². The Morgan fingerprint density at radius 1 is 1.47 bits per heavy atom. The van der Waals surface area contributed by atoms with Crippen molar-refractivity contribution in [1.29, 1.82) is 0 Å². The van der Waals surface area contributed by atoms with Gasteiger partial charge in [0.05, 0.1) is 6.61 Å². The Morgan fingerprint density at radius 2 is 2.24 bits per heavy atom. The van der Waals surface area contributed by atoms with Crippen molar-refractivity contribution in [2.75, 3.05) is 45.9 Å². The Hall–Kier alpha value is -0.650. The number of hydrogen-bond acceptors (Lipinski definition) is 4. The molecule has 0 saturated carbocycles. The molecule has 1 aliphatic rings. The van der Waals surface area contributed by atoms with E-state index in [0.29, 0.717) is 13.2 Å². The summed E-state index contributed by atoms with van der Waals surface area (Å²) in [5, 5.41) is 6.07. The summed E-state index contributed by atoms with van der Waals surface area (Å²) in [6.45, 7) is 10.3. The molecule has 17 heavy (non-hydrogen) atoms. The van der Waals surface area contributed by atoms with Gasteiger partial charge in [-0.2, -0.15) is 0 Å². The van der Waals surface area contributed by atoms with Crippen LogP contribution in [0.4, 0.5) is 0 Å². The molecule has 1 fully saturated rings. The third-order valence-electron chi connectivity index (χ3n) is 3.06. The fourth-order valence-electron chi connectivity index (χ4n) is 1.90. The average Bonchev–Trinajstić information content (AvgIpc) is 2.40. The first-order valence-corrected chi connectivity index (χ1v) is 6.60. The van der Waals surface area contributed by atoms with E-state index in [9.17, 15) is 4.79 Å². The van der Waals surface area contributed by atoms with Gasteiger partial charge in [-0.3, -0.25) is 4.79 Å². The Labute approximate surface area is 104 Å². The summed E-state index contributed by atoms with van der Waals surface area (Å²) in [5.74, 6) is 0.0109. The van der Waals surface area contributed by atoms with E-state index < -0.39 is 0 Å². The van der Waals surface area contributed by atoms with Crippen molar-refractivity contribution in [3.8, 4) is 0 Å². The molecule has 0 aromatic rings. The molecule has 0 radical (unpaired) electrons. The lowest BCUT2D eigenvalue weighted by molar-refractivity contribution is -0.134. The van der Waals surface area contributed by atoms with Crippen molar-refractivity contribution in [3.63, 3.8) is 0 Å². The van der Waals surface area contributed by atoms with Crippen LogP contribution in [-0.4, -0.2) is 62.8 Å². The second kappa shape index (κ2) is 8.44. The standard InChI is InChI=1S/C12H25N3O2/c1-3-15(4-2)8-5-6-14-12(16)11-10-13-7-9-17-11/h11,13H,3-10H2,1-2H3,(H,14,16). The first kappa shape index (κ1) is 14.4. The third kappa shape index (κ3) is 5.48. The van der Waals surface area contributed by atoms with E-state index >= 15 is 0 Å². The number of hydrogen-bond donors (Lipinski definition) is 2. The largest absolute Gasteiger partial charge is 0.366 e. The highest BCUT2D eigenvalue weighted by molar-refractivity contribution is 5.81. The maximum absolute atomic E-state index is 11.7. The predicted octanol–water partition coefficient (Wildman–Crippen LogP) is -0.177. The summed E-state index contributed by atoms with van der Waals surface area (Å²) in [5.41, 5.74) is 0. The molecule has 0 aromatic carbocycles. The van der Waals surface area contributed by atoms with Crippen molar-refractivity contribution in [2.45, 2.75) is 26.4 Å². The van der Waals surface area contributed by atoms with Gasteiger partial charge in [-0.25, -0.2) is 0 Å². The van der Waals surface area contributed by atoms with Crippen LogP contribution in [0.2, 0.25) is 0 Å². The Morgan fingerprint density at radius 3 is 2.82 bits per heavy atom. The van der Waals surface area contributed by atoms with E-state index in [4.69, 9.17) is 4.74 Å². The van der Waals surface area contributed by atoms with Gasteiger partial charge >= 0.3 is 0 Å². The lowest BCUT2D eigenvalue weighted by Gasteiger charge is -2.23. The van der Waals surface area contributed by atoms with Crippen LogP contribution in [0.5, 0.6) is 0 Å². The fraction of sp³-hybridized carbons (Fsp3) is 0.917. The van der Waals surface area contributed by atoms with Crippen molar-refractivity contribution >= 4 is 5.91 Å². The fourth-order valence-corrected chi connectivity index (χ4v) is 1.90. The van der Waals surface area contributed by atoms with Crippen LogP contribution >= 0.6 is 0 Å².